The van der Waals surface area contributed by atoms with Crippen LogP contribution >= 0.6 is 0 Å². The van der Waals surface area contributed by atoms with Crippen LogP contribution in [0.2, 0.25) is 0 Å². The molecule has 3 rings (SSSR count). The zero-order valence-electron chi connectivity index (χ0n) is 10.7. The van der Waals surface area contributed by atoms with Crippen LogP contribution in [0.3, 0.4) is 0 Å². The Morgan fingerprint density at radius 3 is 2.65 bits per heavy atom. The average molecular weight is 271 g/mol. The molecule has 1 saturated heterocycles. The van der Waals surface area contributed by atoms with Gasteiger partial charge >= 0.3 is 0 Å². The average Bonchev–Trinajstić information content (AvgIpc) is 2.64. The number of carbonyl (C=O) groups is 3. The SMILES string of the molecule is C=C1NC(=O)CCC1N1C(=O)c2cccc(N)c2C1=O. The summed E-state index contributed by atoms with van der Waals surface area (Å²) in [6.45, 7) is 3.74. The quantitative estimate of drug-likeness (QED) is 0.579. The first-order chi connectivity index (χ1) is 9.50. The van der Waals surface area contributed by atoms with Gasteiger partial charge in [-0.25, -0.2) is 0 Å². The van der Waals surface area contributed by atoms with Gasteiger partial charge in [0.2, 0.25) is 5.91 Å². The maximum Gasteiger partial charge on any atom is 0.264 e. The molecule has 3 amide bonds. The zero-order chi connectivity index (χ0) is 14.4. The second-order valence-corrected chi connectivity index (χ2v) is 4.88. The third kappa shape index (κ3) is 1.61. The number of imide groups is 1. The minimum absolute atomic E-state index is 0.151. The molecule has 0 bridgehead atoms. The number of hydrogen-bond acceptors (Lipinski definition) is 4. The Morgan fingerprint density at radius 2 is 2.00 bits per heavy atom. The highest BCUT2D eigenvalue weighted by atomic mass is 16.2. The summed E-state index contributed by atoms with van der Waals surface area (Å²) in [5.41, 5.74) is 6.98. The van der Waals surface area contributed by atoms with Crippen molar-refractivity contribution in [1.82, 2.24) is 10.2 Å². The fraction of sp³-hybridized carbons (Fsp3) is 0.214. The summed E-state index contributed by atoms with van der Waals surface area (Å²) < 4.78 is 0. The number of amides is 3. The van der Waals surface area contributed by atoms with E-state index >= 15 is 0 Å². The number of piperidine rings is 1. The Kier molecular flexibility index (Phi) is 2.60. The largest absolute Gasteiger partial charge is 0.398 e. The standard InChI is InChI=1S/C14H13N3O3/c1-7-10(5-6-11(18)16-7)17-13(19)8-3-2-4-9(15)12(8)14(17)20/h2-4,10H,1,5-6,15H2,(H,16,18). The molecule has 1 aromatic carbocycles. The van der Waals surface area contributed by atoms with E-state index in [9.17, 15) is 14.4 Å². The third-order valence-corrected chi connectivity index (χ3v) is 3.64. The van der Waals surface area contributed by atoms with Crippen molar-refractivity contribution < 1.29 is 14.4 Å². The molecule has 20 heavy (non-hydrogen) atoms. The number of benzene rings is 1. The summed E-state index contributed by atoms with van der Waals surface area (Å²) in [7, 11) is 0. The minimum atomic E-state index is -0.514. The molecule has 2 aliphatic heterocycles. The number of anilines is 1. The first-order valence-corrected chi connectivity index (χ1v) is 6.25. The molecule has 1 unspecified atom stereocenters. The van der Waals surface area contributed by atoms with Crippen LogP contribution in [-0.2, 0) is 4.79 Å². The molecule has 1 atom stereocenters. The Balaban J connectivity index is 2.00. The summed E-state index contributed by atoms with van der Waals surface area (Å²) in [6, 6.07) is 4.29. The molecule has 2 heterocycles. The maximum atomic E-state index is 12.4. The number of nitrogens with two attached hydrogens (primary N) is 1. The predicted molar refractivity (Wildman–Crippen MR) is 71.7 cm³/mol. The topological polar surface area (TPSA) is 92.5 Å². The van der Waals surface area contributed by atoms with Crippen molar-refractivity contribution >= 4 is 23.4 Å². The smallest absolute Gasteiger partial charge is 0.264 e. The van der Waals surface area contributed by atoms with Gasteiger partial charge in [0.25, 0.3) is 11.8 Å². The van der Waals surface area contributed by atoms with Gasteiger partial charge in [0.15, 0.2) is 0 Å². The first-order valence-electron chi connectivity index (χ1n) is 6.25. The molecule has 2 aliphatic rings. The van der Waals surface area contributed by atoms with E-state index in [1.54, 1.807) is 18.2 Å². The number of carbonyl (C=O) groups excluding carboxylic acids is 3. The molecule has 102 valence electrons. The van der Waals surface area contributed by atoms with E-state index in [1.807, 2.05) is 0 Å². The summed E-state index contributed by atoms with van der Waals surface area (Å²) in [5, 5.41) is 2.58. The molecule has 0 aromatic heterocycles. The van der Waals surface area contributed by atoms with Crippen LogP contribution in [0.4, 0.5) is 5.69 Å². The predicted octanol–water partition coefficient (Wildman–Crippen LogP) is 0.657. The summed E-state index contributed by atoms with van der Waals surface area (Å²) in [5.74, 6) is -0.965. The van der Waals surface area contributed by atoms with Crippen molar-refractivity contribution in [1.29, 1.82) is 0 Å². The van der Waals surface area contributed by atoms with Crippen LogP contribution in [0.1, 0.15) is 33.6 Å². The van der Waals surface area contributed by atoms with Gasteiger partial charge in [-0.3, -0.25) is 19.3 Å². The minimum Gasteiger partial charge on any atom is -0.398 e. The molecule has 1 aromatic rings. The van der Waals surface area contributed by atoms with E-state index < -0.39 is 11.9 Å². The molecular weight excluding hydrogens is 258 g/mol. The summed E-state index contributed by atoms with van der Waals surface area (Å²) in [6.07, 6.45) is 0.641. The fourth-order valence-corrected chi connectivity index (χ4v) is 2.66. The van der Waals surface area contributed by atoms with Crippen molar-refractivity contribution in [2.75, 3.05) is 5.73 Å². The molecular formula is C14H13N3O3. The number of rotatable bonds is 1. The van der Waals surface area contributed by atoms with Gasteiger partial charge in [0.05, 0.1) is 17.2 Å². The highest BCUT2D eigenvalue weighted by molar-refractivity contribution is 6.24. The van der Waals surface area contributed by atoms with Crippen LogP contribution in [-0.4, -0.2) is 28.7 Å². The van der Waals surface area contributed by atoms with Gasteiger partial charge in [-0.2, -0.15) is 0 Å². The molecule has 6 heteroatoms. The Hall–Kier alpha value is -2.63. The van der Waals surface area contributed by atoms with Crippen LogP contribution in [0.5, 0.6) is 0 Å². The number of nitrogen functional groups attached to an aromatic ring is 1. The fourth-order valence-electron chi connectivity index (χ4n) is 2.66. The molecule has 0 radical (unpaired) electrons. The molecule has 1 fully saturated rings. The second-order valence-electron chi connectivity index (χ2n) is 4.88. The van der Waals surface area contributed by atoms with Crippen molar-refractivity contribution in [2.45, 2.75) is 18.9 Å². The molecule has 0 aliphatic carbocycles. The van der Waals surface area contributed by atoms with Crippen LogP contribution in [0, 0.1) is 0 Å². The third-order valence-electron chi connectivity index (χ3n) is 3.64. The van der Waals surface area contributed by atoms with Gasteiger partial charge in [-0.15, -0.1) is 0 Å². The molecule has 0 spiro atoms. The number of fused-ring (bicyclic) bond motifs is 1. The van der Waals surface area contributed by atoms with Crippen molar-refractivity contribution in [3.8, 4) is 0 Å². The van der Waals surface area contributed by atoms with Gasteiger partial charge in [0.1, 0.15) is 0 Å². The van der Waals surface area contributed by atoms with E-state index in [0.717, 1.165) is 4.90 Å². The van der Waals surface area contributed by atoms with Crippen molar-refractivity contribution in [3.05, 3.63) is 41.6 Å². The Labute approximate surface area is 115 Å². The van der Waals surface area contributed by atoms with E-state index in [0.29, 0.717) is 17.7 Å². The van der Waals surface area contributed by atoms with Crippen LogP contribution in [0.25, 0.3) is 0 Å². The number of nitrogens with zero attached hydrogens (tertiary/aromatic N) is 1. The molecule has 3 N–H and O–H groups in total. The lowest BCUT2D eigenvalue weighted by atomic mass is 10.0. The van der Waals surface area contributed by atoms with Crippen LogP contribution < -0.4 is 11.1 Å². The molecule has 0 saturated carbocycles. The van der Waals surface area contributed by atoms with Gasteiger partial charge in [-0.05, 0) is 18.6 Å². The lowest BCUT2D eigenvalue weighted by molar-refractivity contribution is -0.121. The highest BCUT2D eigenvalue weighted by Crippen LogP contribution is 2.32. The number of hydrogen-bond donors (Lipinski definition) is 2. The van der Waals surface area contributed by atoms with E-state index in [1.165, 1.54) is 0 Å². The van der Waals surface area contributed by atoms with Gasteiger partial charge in [-0.1, -0.05) is 12.6 Å². The maximum absolute atomic E-state index is 12.4. The van der Waals surface area contributed by atoms with Gasteiger partial charge < -0.3 is 11.1 Å². The van der Waals surface area contributed by atoms with Crippen molar-refractivity contribution in [3.63, 3.8) is 0 Å². The Bertz CT molecular complexity index is 666. The highest BCUT2D eigenvalue weighted by Gasteiger charge is 2.43. The normalized spacial score (nSPS) is 22.0. The zero-order valence-corrected chi connectivity index (χ0v) is 10.7. The van der Waals surface area contributed by atoms with E-state index in [2.05, 4.69) is 11.9 Å². The monoisotopic (exact) mass is 271 g/mol. The van der Waals surface area contributed by atoms with Crippen molar-refractivity contribution in [2.24, 2.45) is 0 Å². The molecule has 6 nitrogen and oxygen atoms in total. The lowest BCUT2D eigenvalue weighted by Crippen LogP contribution is -2.48. The first kappa shape index (κ1) is 12.4. The van der Waals surface area contributed by atoms with E-state index in [4.69, 9.17) is 5.73 Å². The summed E-state index contributed by atoms with van der Waals surface area (Å²) >= 11 is 0. The Morgan fingerprint density at radius 1 is 1.25 bits per heavy atom. The van der Waals surface area contributed by atoms with Crippen LogP contribution in [0.15, 0.2) is 30.5 Å². The second kappa shape index (κ2) is 4.19. The summed E-state index contributed by atoms with van der Waals surface area (Å²) in [4.78, 5) is 37.2. The van der Waals surface area contributed by atoms with E-state index in [-0.39, 0.29) is 29.5 Å². The lowest BCUT2D eigenvalue weighted by Gasteiger charge is -2.31. The number of nitrogens with one attached hydrogen (secondary N) is 1. The van der Waals surface area contributed by atoms with Gasteiger partial charge in [0, 0.05) is 17.8 Å².